The standard InChI is InChI=1S/C25H25ClN4O4/c1-14(2)25(23(32)27-24(33)28-25)17-5-3-16(4-6-17)22(31)30-11-9-15(10-12-30)21-19-13-18(26)7-8-20(19)34-29-21/h3-8,13-15H,9-12H2,1-2H3,(H2,27,28,32,33)/t25-/m1/s1. The Bertz CT molecular complexity index is 1280. The number of aromatic nitrogens is 1. The summed E-state index contributed by atoms with van der Waals surface area (Å²) in [6.07, 6.45) is 1.56. The summed E-state index contributed by atoms with van der Waals surface area (Å²) in [6.45, 7) is 4.96. The van der Waals surface area contributed by atoms with Crippen molar-refractivity contribution in [1.82, 2.24) is 20.7 Å². The molecule has 4 amide bonds. The fourth-order valence-electron chi connectivity index (χ4n) is 5.05. The van der Waals surface area contributed by atoms with Gasteiger partial charge in [0.2, 0.25) is 0 Å². The number of amides is 4. The SMILES string of the molecule is CC(C)[C@]1(c2ccc(C(=O)N3CCC(c4noc5ccc(Cl)cc45)CC3)cc2)NC(=O)NC1=O. The number of likely N-dealkylation sites (tertiary alicyclic amines) is 1. The van der Waals surface area contributed by atoms with Gasteiger partial charge in [0, 0.05) is 35.0 Å². The van der Waals surface area contributed by atoms with Crippen molar-refractivity contribution >= 4 is 40.4 Å². The summed E-state index contributed by atoms with van der Waals surface area (Å²) >= 11 is 6.15. The van der Waals surface area contributed by atoms with E-state index in [1.54, 1.807) is 30.3 Å². The molecule has 3 heterocycles. The molecule has 176 valence electrons. The molecule has 9 heteroatoms. The molecule has 5 rings (SSSR count). The summed E-state index contributed by atoms with van der Waals surface area (Å²) in [5.74, 6) is -0.407. The second kappa shape index (κ2) is 8.43. The van der Waals surface area contributed by atoms with Gasteiger partial charge >= 0.3 is 6.03 Å². The topological polar surface area (TPSA) is 105 Å². The molecule has 2 aliphatic heterocycles. The largest absolute Gasteiger partial charge is 0.356 e. The molecule has 34 heavy (non-hydrogen) atoms. The second-order valence-corrected chi connectivity index (χ2v) is 9.66. The molecular formula is C25H25ClN4O4. The van der Waals surface area contributed by atoms with E-state index in [9.17, 15) is 14.4 Å². The minimum Gasteiger partial charge on any atom is -0.356 e. The van der Waals surface area contributed by atoms with E-state index >= 15 is 0 Å². The predicted octanol–water partition coefficient (Wildman–Crippen LogP) is 4.19. The van der Waals surface area contributed by atoms with E-state index in [4.69, 9.17) is 16.1 Å². The number of hydrogen-bond donors (Lipinski definition) is 2. The number of halogens is 1. The zero-order valence-electron chi connectivity index (χ0n) is 18.9. The molecule has 8 nitrogen and oxygen atoms in total. The molecule has 0 radical (unpaired) electrons. The number of rotatable bonds is 4. The average molecular weight is 481 g/mol. The Morgan fingerprint density at radius 2 is 1.85 bits per heavy atom. The van der Waals surface area contributed by atoms with Crippen molar-refractivity contribution in [2.45, 2.75) is 38.1 Å². The lowest BCUT2D eigenvalue weighted by Crippen LogP contribution is -2.48. The molecule has 2 saturated heterocycles. The van der Waals surface area contributed by atoms with Crippen LogP contribution in [0.3, 0.4) is 0 Å². The van der Waals surface area contributed by atoms with E-state index in [-0.39, 0.29) is 23.7 Å². The first-order valence-corrected chi connectivity index (χ1v) is 11.8. The number of nitrogens with zero attached hydrogens (tertiary/aromatic N) is 2. The highest BCUT2D eigenvalue weighted by atomic mass is 35.5. The van der Waals surface area contributed by atoms with Crippen molar-refractivity contribution in [1.29, 1.82) is 0 Å². The lowest BCUT2D eigenvalue weighted by Gasteiger charge is -2.32. The smallest absolute Gasteiger partial charge is 0.322 e. The molecule has 0 aliphatic carbocycles. The van der Waals surface area contributed by atoms with Gasteiger partial charge < -0.3 is 14.7 Å². The third kappa shape index (κ3) is 3.62. The van der Waals surface area contributed by atoms with Gasteiger partial charge in [-0.3, -0.25) is 14.9 Å². The van der Waals surface area contributed by atoms with Gasteiger partial charge in [-0.05, 0) is 54.7 Å². The average Bonchev–Trinajstić information content (AvgIpc) is 3.39. The Labute approximate surface area is 201 Å². The van der Waals surface area contributed by atoms with Crippen molar-refractivity contribution in [2.24, 2.45) is 5.92 Å². The summed E-state index contributed by atoms with van der Waals surface area (Å²) in [6, 6.07) is 11.9. The zero-order valence-corrected chi connectivity index (χ0v) is 19.7. The summed E-state index contributed by atoms with van der Waals surface area (Å²) in [5.41, 5.74) is 1.66. The van der Waals surface area contributed by atoms with E-state index < -0.39 is 11.6 Å². The molecule has 1 aromatic heterocycles. The van der Waals surface area contributed by atoms with Crippen molar-refractivity contribution < 1.29 is 18.9 Å². The Balaban J connectivity index is 1.29. The van der Waals surface area contributed by atoms with Gasteiger partial charge in [-0.2, -0.15) is 0 Å². The van der Waals surface area contributed by atoms with E-state index in [0.29, 0.717) is 34.8 Å². The Morgan fingerprint density at radius 3 is 2.47 bits per heavy atom. The van der Waals surface area contributed by atoms with Crippen LogP contribution in [0.2, 0.25) is 5.02 Å². The maximum Gasteiger partial charge on any atom is 0.322 e. The highest BCUT2D eigenvalue weighted by Gasteiger charge is 2.50. The van der Waals surface area contributed by atoms with Crippen LogP contribution in [0.15, 0.2) is 47.0 Å². The molecule has 2 aliphatic rings. The second-order valence-electron chi connectivity index (χ2n) is 9.22. The van der Waals surface area contributed by atoms with E-state index in [2.05, 4.69) is 15.8 Å². The number of hydrogen-bond acceptors (Lipinski definition) is 5. The van der Waals surface area contributed by atoms with Crippen LogP contribution in [-0.2, 0) is 10.3 Å². The Morgan fingerprint density at radius 1 is 1.15 bits per heavy atom. The van der Waals surface area contributed by atoms with Crippen molar-refractivity contribution in [3.8, 4) is 0 Å². The van der Waals surface area contributed by atoms with Gasteiger partial charge in [-0.1, -0.05) is 42.7 Å². The summed E-state index contributed by atoms with van der Waals surface area (Å²) in [7, 11) is 0. The molecule has 2 N–H and O–H groups in total. The molecule has 1 atom stereocenters. The van der Waals surface area contributed by atoms with Crippen LogP contribution < -0.4 is 10.6 Å². The minimum absolute atomic E-state index is 0.0587. The van der Waals surface area contributed by atoms with E-state index in [1.807, 2.05) is 30.9 Å². The van der Waals surface area contributed by atoms with E-state index in [1.165, 1.54) is 0 Å². The van der Waals surface area contributed by atoms with Crippen LogP contribution in [0.1, 0.15) is 54.2 Å². The van der Waals surface area contributed by atoms with Gasteiger partial charge in [0.15, 0.2) is 5.58 Å². The number of imide groups is 1. The summed E-state index contributed by atoms with van der Waals surface area (Å²) < 4.78 is 5.45. The van der Waals surface area contributed by atoms with Crippen molar-refractivity contribution in [3.05, 3.63) is 64.3 Å². The Hall–Kier alpha value is -3.39. The molecule has 0 spiro atoms. The fourth-order valence-corrected chi connectivity index (χ4v) is 5.22. The molecule has 0 unspecified atom stereocenters. The van der Waals surface area contributed by atoms with Gasteiger partial charge in [0.05, 0.1) is 5.69 Å². The van der Waals surface area contributed by atoms with Crippen LogP contribution in [0, 0.1) is 5.92 Å². The number of benzene rings is 2. The first-order valence-electron chi connectivity index (χ1n) is 11.4. The van der Waals surface area contributed by atoms with Crippen molar-refractivity contribution in [2.75, 3.05) is 13.1 Å². The fraction of sp³-hybridized carbons (Fsp3) is 0.360. The third-order valence-electron chi connectivity index (χ3n) is 6.98. The molecule has 2 fully saturated rings. The number of carbonyl (C=O) groups is 3. The van der Waals surface area contributed by atoms with Crippen LogP contribution in [-0.4, -0.2) is 41.0 Å². The Kier molecular flexibility index (Phi) is 5.56. The summed E-state index contributed by atoms with van der Waals surface area (Å²) in [4.78, 5) is 39.3. The van der Waals surface area contributed by atoms with Gasteiger partial charge in [0.25, 0.3) is 11.8 Å². The monoisotopic (exact) mass is 480 g/mol. The minimum atomic E-state index is -1.14. The lowest BCUT2D eigenvalue weighted by atomic mass is 9.79. The van der Waals surface area contributed by atoms with Gasteiger partial charge in [-0.25, -0.2) is 4.79 Å². The number of piperidine rings is 1. The van der Waals surface area contributed by atoms with Crippen LogP contribution in [0.4, 0.5) is 4.79 Å². The highest BCUT2D eigenvalue weighted by Crippen LogP contribution is 2.35. The molecule has 0 bridgehead atoms. The maximum atomic E-state index is 13.1. The first-order chi connectivity index (χ1) is 16.3. The van der Waals surface area contributed by atoms with Crippen LogP contribution in [0.5, 0.6) is 0 Å². The third-order valence-corrected chi connectivity index (χ3v) is 7.21. The molecule has 3 aromatic rings. The van der Waals surface area contributed by atoms with E-state index in [0.717, 1.165) is 23.9 Å². The highest BCUT2D eigenvalue weighted by molar-refractivity contribution is 6.31. The molecule has 0 saturated carbocycles. The quantitative estimate of drug-likeness (QED) is 0.545. The van der Waals surface area contributed by atoms with Gasteiger partial charge in [0.1, 0.15) is 5.54 Å². The maximum absolute atomic E-state index is 13.1. The van der Waals surface area contributed by atoms with Crippen molar-refractivity contribution in [3.63, 3.8) is 0 Å². The summed E-state index contributed by atoms with van der Waals surface area (Å²) in [5, 5.41) is 10.9. The lowest BCUT2D eigenvalue weighted by molar-refractivity contribution is -0.125. The molecule has 2 aromatic carbocycles. The normalized spacial score (nSPS) is 21.2. The number of carbonyl (C=O) groups excluding carboxylic acids is 3. The van der Waals surface area contributed by atoms with Crippen LogP contribution >= 0.6 is 11.6 Å². The predicted molar refractivity (Wildman–Crippen MR) is 127 cm³/mol. The first kappa shape index (κ1) is 22.4. The van der Waals surface area contributed by atoms with Gasteiger partial charge in [-0.15, -0.1) is 0 Å². The zero-order chi connectivity index (χ0) is 24.0. The molecular weight excluding hydrogens is 456 g/mol. The number of nitrogens with one attached hydrogen (secondary N) is 2. The number of urea groups is 1. The number of fused-ring (bicyclic) bond motifs is 1. The van der Waals surface area contributed by atoms with Crippen LogP contribution in [0.25, 0.3) is 11.0 Å².